The molecule has 2 aliphatic rings. The molecular weight excluding hydrogens is 288 g/mol. The number of anilines is 1. The molecular formula is C14H18N4O2S. The summed E-state index contributed by atoms with van der Waals surface area (Å²) in [6, 6.07) is 3.97. The number of piperazine rings is 1. The van der Waals surface area contributed by atoms with E-state index in [2.05, 4.69) is 9.88 Å². The zero-order valence-corrected chi connectivity index (χ0v) is 12.6. The smallest absolute Gasteiger partial charge is 0.242 e. The number of amides is 2. The first-order valence-corrected chi connectivity index (χ1v) is 8.18. The molecule has 0 aliphatic carbocycles. The Morgan fingerprint density at radius 2 is 1.90 bits per heavy atom. The third kappa shape index (κ3) is 3.29. The van der Waals surface area contributed by atoms with E-state index in [1.54, 1.807) is 29.1 Å². The molecule has 2 saturated heterocycles. The van der Waals surface area contributed by atoms with Crippen molar-refractivity contribution < 1.29 is 9.59 Å². The van der Waals surface area contributed by atoms with Crippen molar-refractivity contribution in [1.82, 2.24) is 14.8 Å². The highest BCUT2D eigenvalue weighted by Gasteiger charge is 2.27. The molecule has 112 valence electrons. The summed E-state index contributed by atoms with van der Waals surface area (Å²) in [5, 5.41) is 0. The molecule has 0 unspecified atom stereocenters. The van der Waals surface area contributed by atoms with E-state index in [9.17, 15) is 9.59 Å². The second kappa shape index (κ2) is 6.34. The molecule has 1 aromatic heterocycles. The van der Waals surface area contributed by atoms with Crippen LogP contribution in [0.4, 0.5) is 5.69 Å². The minimum absolute atomic E-state index is 0.0558. The molecule has 2 aliphatic heterocycles. The van der Waals surface area contributed by atoms with Gasteiger partial charge in [-0.15, -0.1) is 11.8 Å². The molecule has 0 aromatic carbocycles. The summed E-state index contributed by atoms with van der Waals surface area (Å²) in [7, 11) is 0. The Balaban J connectivity index is 1.51. The van der Waals surface area contributed by atoms with Crippen LogP contribution in [0.3, 0.4) is 0 Å². The molecule has 7 heteroatoms. The zero-order chi connectivity index (χ0) is 14.7. The van der Waals surface area contributed by atoms with Gasteiger partial charge in [-0.3, -0.25) is 14.6 Å². The lowest BCUT2D eigenvalue weighted by atomic mass is 10.2. The van der Waals surface area contributed by atoms with Gasteiger partial charge in [-0.25, -0.2) is 0 Å². The average molecular weight is 306 g/mol. The molecule has 3 rings (SSSR count). The van der Waals surface area contributed by atoms with Crippen LogP contribution >= 0.6 is 11.8 Å². The molecule has 2 amide bonds. The standard InChI is InChI=1S/C14H18N4O2S/c19-13(9-18-11-21-10-14(18)20)17-7-5-16(6-8-17)12-1-3-15-4-2-12/h1-4H,5-11H2. The first-order chi connectivity index (χ1) is 10.2. The zero-order valence-electron chi connectivity index (χ0n) is 11.8. The van der Waals surface area contributed by atoms with Gasteiger partial charge in [0.05, 0.1) is 11.6 Å². The van der Waals surface area contributed by atoms with E-state index in [1.807, 2.05) is 17.0 Å². The van der Waals surface area contributed by atoms with Crippen LogP contribution in [0, 0.1) is 0 Å². The quantitative estimate of drug-likeness (QED) is 0.802. The predicted octanol–water partition coefficient (Wildman–Crippen LogP) is 0.263. The van der Waals surface area contributed by atoms with Gasteiger partial charge < -0.3 is 14.7 Å². The molecule has 0 atom stereocenters. The van der Waals surface area contributed by atoms with Crippen molar-refractivity contribution in [1.29, 1.82) is 0 Å². The van der Waals surface area contributed by atoms with Crippen molar-refractivity contribution in [2.75, 3.05) is 49.3 Å². The summed E-state index contributed by atoms with van der Waals surface area (Å²) in [5.74, 6) is 1.27. The Hall–Kier alpha value is -1.76. The molecule has 0 N–H and O–H groups in total. The second-order valence-electron chi connectivity index (χ2n) is 5.14. The van der Waals surface area contributed by atoms with E-state index in [4.69, 9.17) is 0 Å². The van der Waals surface area contributed by atoms with Crippen LogP contribution in [-0.4, -0.2) is 71.0 Å². The number of hydrogen-bond acceptors (Lipinski definition) is 5. The predicted molar refractivity (Wildman–Crippen MR) is 82.1 cm³/mol. The minimum atomic E-state index is 0.0558. The molecule has 21 heavy (non-hydrogen) atoms. The third-order valence-electron chi connectivity index (χ3n) is 3.81. The van der Waals surface area contributed by atoms with Crippen molar-refractivity contribution in [3.63, 3.8) is 0 Å². The van der Waals surface area contributed by atoms with Gasteiger partial charge in [0.15, 0.2) is 0 Å². The molecule has 1 aromatic rings. The van der Waals surface area contributed by atoms with Crippen LogP contribution in [0.15, 0.2) is 24.5 Å². The topological polar surface area (TPSA) is 56.8 Å². The monoisotopic (exact) mass is 306 g/mol. The Bertz CT molecular complexity index is 517. The van der Waals surface area contributed by atoms with Gasteiger partial charge >= 0.3 is 0 Å². The van der Waals surface area contributed by atoms with E-state index < -0.39 is 0 Å². The maximum atomic E-state index is 12.2. The van der Waals surface area contributed by atoms with Gasteiger partial charge in [0.25, 0.3) is 0 Å². The lowest BCUT2D eigenvalue weighted by molar-refractivity contribution is -0.138. The fourth-order valence-electron chi connectivity index (χ4n) is 2.57. The Labute approximate surface area is 128 Å². The highest BCUT2D eigenvalue weighted by atomic mass is 32.2. The number of carbonyl (C=O) groups is 2. The molecule has 3 heterocycles. The molecule has 0 spiro atoms. The maximum Gasteiger partial charge on any atom is 0.242 e. The fraction of sp³-hybridized carbons (Fsp3) is 0.500. The third-order valence-corrected chi connectivity index (χ3v) is 4.76. The fourth-order valence-corrected chi connectivity index (χ4v) is 3.48. The van der Waals surface area contributed by atoms with E-state index in [-0.39, 0.29) is 18.4 Å². The lowest BCUT2D eigenvalue weighted by Gasteiger charge is -2.36. The molecule has 6 nitrogen and oxygen atoms in total. The normalized spacial score (nSPS) is 19.2. The highest BCUT2D eigenvalue weighted by molar-refractivity contribution is 8.00. The van der Waals surface area contributed by atoms with Crippen molar-refractivity contribution in [2.24, 2.45) is 0 Å². The number of nitrogens with zero attached hydrogens (tertiary/aromatic N) is 4. The summed E-state index contributed by atoms with van der Waals surface area (Å²) in [6.07, 6.45) is 3.56. The van der Waals surface area contributed by atoms with Gasteiger partial charge in [-0.1, -0.05) is 0 Å². The lowest BCUT2D eigenvalue weighted by Crippen LogP contribution is -2.51. The summed E-state index contributed by atoms with van der Waals surface area (Å²) in [5.41, 5.74) is 1.14. The van der Waals surface area contributed by atoms with Crippen LogP contribution < -0.4 is 4.90 Å². The molecule has 0 bridgehead atoms. The summed E-state index contributed by atoms with van der Waals surface area (Å²) < 4.78 is 0. The number of rotatable bonds is 3. The van der Waals surface area contributed by atoms with Crippen LogP contribution in [0.5, 0.6) is 0 Å². The Morgan fingerprint density at radius 3 is 2.52 bits per heavy atom. The summed E-state index contributed by atoms with van der Waals surface area (Å²) in [4.78, 5) is 33.6. The SMILES string of the molecule is O=C(CN1CSCC1=O)N1CCN(c2ccncc2)CC1. The Kier molecular flexibility index (Phi) is 4.28. The maximum absolute atomic E-state index is 12.2. The summed E-state index contributed by atoms with van der Waals surface area (Å²) in [6.45, 7) is 3.27. The number of aromatic nitrogens is 1. The number of carbonyl (C=O) groups excluding carboxylic acids is 2. The Morgan fingerprint density at radius 1 is 1.19 bits per heavy atom. The molecule has 0 saturated carbocycles. The van der Waals surface area contributed by atoms with E-state index in [0.29, 0.717) is 24.7 Å². The summed E-state index contributed by atoms with van der Waals surface area (Å²) >= 11 is 1.57. The number of pyridine rings is 1. The van der Waals surface area contributed by atoms with Crippen LogP contribution in [0.25, 0.3) is 0 Å². The van der Waals surface area contributed by atoms with Gasteiger partial charge in [-0.2, -0.15) is 0 Å². The van der Waals surface area contributed by atoms with E-state index >= 15 is 0 Å². The van der Waals surface area contributed by atoms with Gasteiger partial charge in [0.2, 0.25) is 11.8 Å². The minimum Gasteiger partial charge on any atom is -0.368 e. The van der Waals surface area contributed by atoms with Gasteiger partial charge in [-0.05, 0) is 12.1 Å². The van der Waals surface area contributed by atoms with Crippen molar-refractivity contribution in [3.8, 4) is 0 Å². The largest absolute Gasteiger partial charge is 0.368 e. The average Bonchev–Trinajstić information content (AvgIpc) is 2.93. The first kappa shape index (κ1) is 14.2. The second-order valence-corrected chi connectivity index (χ2v) is 6.10. The molecule has 0 radical (unpaired) electrons. The van der Waals surface area contributed by atoms with Gasteiger partial charge in [0, 0.05) is 44.3 Å². The van der Waals surface area contributed by atoms with Gasteiger partial charge in [0.1, 0.15) is 6.54 Å². The van der Waals surface area contributed by atoms with Crippen LogP contribution in [0.2, 0.25) is 0 Å². The van der Waals surface area contributed by atoms with Crippen molar-refractivity contribution >= 4 is 29.3 Å². The van der Waals surface area contributed by atoms with Crippen LogP contribution in [0.1, 0.15) is 0 Å². The van der Waals surface area contributed by atoms with Crippen molar-refractivity contribution in [3.05, 3.63) is 24.5 Å². The van der Waals surface area contributed by atoms with E-state index in [1.165, 1.54) is 0 Å². The number of thioether (sulfide) groups is 1. The first-order valence-electron chi connectivity index (χ1n) is 7.02. The molecule has 2 fully saturated rings. The van der Waals surface area contributed by atoms with E-state index in [0.717, 1.165) is 18.8 Å². The number of hydrogen-bond donors (Lipinski definition) is 0. The van der Waals surface area contributed by atoms with Crippen molar-refractivity contribution in [2.45, 2.75) is 0 Å². The van der Waals surface area contributed by atoms with Crippen LogP contribution in [-0.2, 0) is 9.59 Å². The highest BCUT2D eigenvalue weighted by Crippen LogP contribution is 2.17.